The summed E-state index contributed by atoms with van der Waals surface area (Å²) in [6.07, 6.45) is 1.42. The highest BCUT2D eigenvalue weighted by molar-refractivity contribution is 6.31. The van der Waals surface area contributed by atoms with Gasteiger partial charge in [-0.3, -0.25) is 4.79 Å². The molecule has 0 fully saturated rings. The van der Waals surface area contributed by atoms with E-state index in [2.05, 4.69) is 15.3 Å². The molecule has 0 aliphatic heterocycles. The van der Waals surface area contributed by atoms with Crippen molar-refractivity contribution in [2.75, 3.05) is 12.4 Å². The molecule has 0 unspecified atom stereocenters. The van der Waals surface area contributed by atoms with Gasteiger partial charge >= 0.3 is 0 Å². The maximum Gasteiger partial charge on any atom is 0.253 e. The first kappa shape index (κ1) is 15.8. The van der Waals surface area contributed by atoms with Gasteiger partial charge in [0.2, 0.25) is 0 Å². The van der Waals surface area contributed by atoms with Crippen LogP contribution in [0.4, 0.5) is 5.82 Å². The number of benzene rings is 1. The first-order chi connectivity index (χ1) is 11.6. The molecule has 0 aliphatic rings. The van der Waals surface area contributed by atoms with Crippen LogP contribution in [0.2, 0.25) is 5.02 Å². The van der Waals surface area contributed by atoms with Gasteiger partial charge in [0.25, 0.3) is 5.56 Å². The molecule has 24 heavy (non-hydrogen) atoms. The summed E-state index contributed by atoms with van der Waals surface area (Å²) < 4.78 is 5.14. The first-order valence-electron chi connectivity index (χ1n) is 7.10. The van der Waals surface area contributed by atoms with Crippen molar-refractivity contribution in [2.45, 2.75) is 6.54 Å². The molecule has 7 heteroatoms. The molecule has 0 saturated carbocycles. The number of pyridine rings is 2. The highest BCUT2D eigenvalue weighted by atomic mass is 35.5. The van der Waals surface area contributed by atoms with Crippen molar-refractivity contribution >= 4 is 28.3 Å². The number of aromatic amines is 1. The molecule has 120 valence electrons. The van der Waals surface area contributed by atoms with Crippen LogP contribution in [0.5, 0.6) is 5.75 Å². The second-order valence-corrected chi connectivity index (χ2v) is 5.53. The summed E-state index contributed by atoms with van der Waals surface area (Å²) in [4.78, 5) is 19.1. The maximum atomic E-state index is 12.1. The van der Waals surface area contributed by atoms with E-state index in [4.69, 9.17) is 21.6 Å². The van der Waals surface area contributed by atoms with Crippen LogP contribution in [-0.2, 0) is 6.54 Å². The second kappa shape index (κ2) is 6.60. The zero-order chi connectivity index (χ0) is 17.1. The van der Waals surface area contributed by atoms with Gasteiger partial charge in [-0.25, -0.2) is 4.98 Å². The number of rotatable bonds is 4. The van der Waals surface area contributed by atoms with Gasteiger partial charge in [-0.2, -0.15) is 5.26 Å². The van der Waals surface area contributed by atoms with Crippen molar-refractivity contribution in [3.05, 3.63) is 63.0 Å². The molecule has 0 bridgehead atoms. The smallest absolute Gasteiger partial charge is 0.253 e. The number of H-pyrrole nitrogens is 1. The molecule has 0 radical (unpaired) electrons. The topological polar surface area (TPSA) is 90.8 Å². The van der Waals surface area contributed by atoms with Gasteiger partial charge in [0.1, 0.15) is 23.2 Å². The zero-order valence-electron chi connectivity index (χ0n) is 12.8. The first-order valence-corrected chi connectivity index (χ1v) is 7.48. The lowest BCUT2D eigenvalue weighted by molar-refractivity contribution is 0.413. The van der Waals surface area contributed by atoms with Crippen molar-refractivity contribution in [1.29, 1.82) is 5.26 Å². The molecule has 3 rings (SSSR count). The van der Waals surface area contributed by atoms with Crippen LogP contribution in [-0.4, -0.2) is 17.1 Å². The number of ether oxygens (including phenoxy) is 1. The van der Waals surface area contributed by atoms with Gasteiger partial charge in [-0.15, -0.1) is 0 Å². The summed E-state index contributed by atoms with van der Waals surface area (Å²) >= 11 is 5.99. The van der Waals surface area contributed by atoms with Crippen molar-refractivity contribution in [2.24, 2.45) is 0 Å². The Morgan fingerprint density at radius 3 is 2.96 bits per heavy atom. The van der Waals surface area contributed by atoms with Crippen LogP contribution in [0.3, 0.4) is 0 Å². The van der Waals surface area contributed by atoms with Crippen LogP contribution in [0.1, 0.15) is 11.1 Å². The third kappa shape index (κ3) is 3.16. The minimum Gasteiger partial charge on any atom is -0.495 e. The molecule has 1 aromatic carbocycles. The summed E-state index contributed by atoms with van der Waals surface area (Å²) in [5.41, 5.74) is 1.44. The monoisotopic (exact) mass is 340 g/mol. The van der Waals surface area contributed by atoms with E-state index >= 15 is 0 Å². The summed E-state index contributed by atoms with van der Waals surface area (Å²) in [5.74, 6) is 0.936. The number of hydrogen-bond acceptors (Lipinski definition) is 5. The number of nitrogens with zero attached hydrogens (tertiary/aromatic N) is 2. The Labute approximate surface area is 142 Å². The summed E-state index contributed by atoms with van der Waals surface area (Å²) in [6.45, 7) is 0.278. The minimum absolute atomic E-state index is 0.182. The van der Waals surface area contributed by atoms with E-state index in [1.165, 1.54) is 13.3 Å². The number of anilines is 1. The lowest BCUT2D eigenvalue weighted by atomic mass is 10.1. The molecule has 0 aliphatic carbocycles. The molecular formula is C17H13ClN4O2. The lowest BCUT2D eigenvalue weighted by Gasteiger charge is -2.09. The van der Waals surface area contributed by atoms with Gasteiger partial charge in [0, 0.05) is 34.1 Å². The van der Waals surface area contributed by atoms with Crippen LogP contribution in [0, 0.1) is 11.3 Å². The van der Waals surface area contributed by atoms with Gasteiger partial charge in [0.05, 0.1) is 13.3 Å². The molecule has 0 atom stereocenters. The van der Waals surface area contributed by atoms with Crippen molar-refractivity contribution in [3.63, 3.8) is 0 Å². The number of methoxy groups -OCH3 is 1. The molecule has 2 N–H and O–H groups in total. The molecule has 3 aromatic rings. The highest BCUT2D eigenvalue weighted by Crippen LogP contribution is 2.21. The average molecular weight is 341 g/mol. The number of nitrogens with one attached hydrogen (secondary N) is 2. The van der Waals surface area contributed by atoms with E-state index < -0.39 is 0 Å². The fourth-order valence-corrected chi connectivity index (χ4v) is 2.51. The predicted molar refractivity (Wildman–Crippen MR) is 92.4 cm³/mol. The van der Waals surface area contributed by atoms with Crippen molar-refractivity contribution < 1.29 is 4.74 Å². The molecular weight excluding hydrogens is 328 g/mol. The van der Waals surface area contributed by atoms with Gasteiger partial charge < -0.3 is 15.0 Å². The molecule has 0 saturated heterocycles. The van der Waals surface area contributed by atoms with Crippen molar-refractivity contribution in [3.8, 4) is 11.8 Å². The van der Waals surface area contributed by atoms with E-state index in [-0.39, 0.29) is 12.1 Å². The Kier molecular flexibility index (Phi) is 4.36. The predicted octanol–water partition coefficient (Wildman–Crippen LogP) is 3.07. The second-order valence-electron chi connectivity index (χ2n) is 5.09. The molecule has 6 nitrogen and oxygen atoms in total. The Morgan fingerprint density at radius 2 is 2.21 bits per heavy atom. The third-order valence-electron chi connectivity index (χ3n) is 3.55. The minimum atomic E-state index is -0.182. The van der Waals surface area contributed by atoms with Crippen molar-refractivity contribution in [1.82, 2.24) is 9.97 Å². The Morgan fingerprint density at radius 1 is 1.38 bits per heavy atom. The number of halogens is 1. The molecule has 0 spiro atoms. The normalized spacial score (nSPS) is 10.4. The van der Waals surface area contributed by atoms with E-state index in [1.807, 2.05) is 6.07 Å². The van der Waals surface area contributed by atoms with Crippen LogP contribution < -0.4 is 15.6 Å². The number of hydrogen-bond donors (Lipinski definition) is 2. The fourth-order valence-electron chi connectivity index (χ4n) is 2.33. The van der Waals surface area contributed by atoms with Crippen LogP contribution in [0.25, 0.3) is 10.9 Å². The lowest BCUT2D eigenvalue weighted by Crippen LogP contribution is -2.16. The molecule has 2 aromatic heterocycles. The fraction of sp³-hybridized carbons (Fsp3) is 0.118. The van der Waals surface area contributed by atoms with E-state index in [0.29, 0.717) is 27.7 Å². The molecule has 2 heterocycles. The number of aromatic nitrogens is 2. The Balaban J connectivity index is 1.87. The highest BCUT2D eigenvalue weighted by Gasteiger charge is 2.07. The van der Waals surface area contributed by atoms with E-state index in [9.17, 15) is 4.79 Å². The van der Waals surface area contributed by atoms with Crippen LogP contribution >= 0.6 is 11.6 Å². The maximum absolute atomic E-state index is 12.1. The van der Waals surface area contributed by atoms with E-state index in [0.717, 1.165) is 10.9 Å². The third-order valence-corrected chi connectivity index (χ3v) is 3.78. The Hall–Kier alpha value is -3.04. The average Bonchev–Trinajstić information content (AvgIpc) is 2.60. The molecule has 0 amide bonds. The zero-order valence-corrected chi connectivity index (χ0v) is 13.5. The van der Waals surface area contributed by atoms with Gasteiger partial charge in [0.15, 0.2) is 0 Å². The van der Waals surface area contributed by atoms with E-state index in [1.54, 1.807) is 30.3 Å². The SMILES string of the molecule is COc1cc(NCc2cc3cc(Cl)ccc3[nH]c2=O)ncc1C#N. The summed E-state index contributed by atoms with van der Waals surface area (Å²) in [6, 6.07) is 10.7. The Bertz CT molecular complexity index is 1010. The quantitative estimate of drug-likeness (QED) is 0.761. The summed E-state index contributed by atoms with van der Waals surface area (Å²) in [5, 5.41) is 13.5. The summed E-state index contributed by atoms with van der Waals surface area (Å²) in [7, 11) is 1.48. The number of nitriles is 1. The largest absolute Gasteiger partial charge is 0.495 e. The van der Waals surface area contributed by atoms with Gasteiger partial charge in [-0.05, 0) is 24.3 Å². The van der Waals surface area contributed by atoms with Crippen LogP contribution in [0.15, 0.2) is 41.3 Å². The van der Waals surface area contributed by atoms with Gasteiger partial charge in [-0.1, -0.05) is 11.6 Å². The standard InChI is InChI=1S/C17H13ClN4O2/c1-24-15-6-16(21-9-12(15)7-19)20-8-11-4-10-5-13(18)2-3-14(10)22-17(11)23/h2-6,9H,8H2,1H3,(H,20,21)(H,22,23). The number of fused-ring (bicyclic) bond motifs is 1.